The fraction of sp³-hybridized carbons (Fsp3) is 0.429. The molecule has 1 unspecified atom stereocenters. The molecule has 8 heteroatoms. The molecule has 0 bridgehead atoms. The third-order valence-electron chi connectivity index (χ3n) is 5.41. The average molecular weight is 412 g/mol. The van der Waals surface area contributed by atoms with Crippen molar-refractivity contribution in [1.29, 1.82) is 0 Å². The standard InChI is InChI=1S/C21H25N5O2S/c1-15-22-8-11-25(15)9-3-7-20(28)26-10-2-5-16(14-26)21-23-17(13-19(27)24-21)18-6-4-12-29-18/h4,6,8,11-13,16H,2-3,5,7,9-10,14H2,1H3,(H,23,24,27). The van der Waals surface area contributed by atoms with Gasteiger partial charge in [0.25, 0.3) is 5.56 Å². The number of aromatic amines is 1. The molecule has 29 heavy (non-hydrogen) atoms. The van der Waals surface area contributed by atoms with Gasteiger partial charge in [-0.15, -0.1) is 11.3 Å². The zero-order valence-corrected chi connectivity index (χ0v) is 17.3. The predicted octanol–water partition coefficient (Wildman–Crippen LogP) is 3.19. The maximum atomic E-state index is 12.7. The fourth-order valence-corrected chi connectivity index (χ4v) is 4.53. The molecule has 0 aromatic carbocycles. The summed E-state index contributed by atoms with van der Waals surface area (Å²) in [6.45, 7) is 4.15. The summed E-state index contributed by atoms with van der Waals surface area (Å²) in [4.78, 5) is 39.6. The van der Waals surface area contributed by atoms with E-state index in [2.05, 4.69) is 14.5 Å². The fourth-order valence-electron chi connectivity index (χ4n) is 3.85. The van der Waals surface area contributed by atoms with Gasteiger partial charge in [-0.25, -0.2) is 9.97 Å². The Morgan fingerprint density at radius 3 is 3.07 bits per heavy atom. The molecule has 1 amide bonds. The first kappa shape index (κ1) is 19.6. The van der Waals surface area contributed by atoms with Gasteiger partial charge in [0.05, 0.1) is 10.6 Å². The van der Waals surface area contributed by atoms with Crippen molar-refractivity contribution in [3.05, 3.63) is 58.0 Å². The number of piperidine rings is 1. The van der Waals surface area contributed by atoms with Crippen LogP contribution in [0.25, 0.3) is 10.6 Å². The Morgan fingerprint density at radius 1 is 1.41 bits per heavy atom. The summed E-state index contributed by atoms with van der Waals surface area (Å²) < 4.78 is 2.07. The van der Waals surface area contributed by atoms with Gasteiger partial charge in [-0.1, -0.05) is 6.07 Å². The molecular formula is C21H25N5O2S. The lowest BCUT2D eigenvalue weighted by Gasteiger charge is -2.32. The van der Waals surface area contributed by atoms with Crippen LogP contribution in [-0.2, 0) is 11.3 Å². The highest BCUT2D eigenvalue weighted by Gasteiger charge is 2.26. The lowest BCUT2D eigenvalue weighted by atomic mass is 9.96. The molecule has 1 aliphatic heterocycles. The number of amides is 1. The number of imidazole rings is 1. The highest BCUT2D eigenvalue weighted by molar-refractivity contribution is 7.13. The van der Waals surface area contributed by atoms with Gasteiger partial charge in [0, 0.05) is 50.4 Å². The SMILES string of the molecule is Cc1nccn1CCCC(=O)N1CCCC(c2nc(-c3cccs3)cc(=O)[nH]2)C1. The summed E-state index contributed by atoms with van der Waals surface area (Å²) in [5.41, 5.74) is 0.565. The van der Waals surface area contributed by atoms with Gasteiger partial charge in [0.15, 0.2) is 0 Å². The largest absolute Gasteiger partial charge is 0.342 e. The second-order valence-corrected chi connectivity index (χ2v) is 8.39. The minimum Gasteiger partial charge on any atom is -0.342 e. The van der Waals surface area contributed by atoms with E-state index in [1.54, 1.807) is 23.6 Å². The number of hydrogen-bond donors (Lipinski definition) is 1. The average Bonchev–Trinajstić information content (AvgIpc) is 3.40. The first-order chi connectivity index (χ1) is 14.1. The number of aryl methyl sites for hydroxylation is 2. The van der Waals surface area contributed by atoms with Crippen LogP contribution in [0.3, 0.4) is 0 Å². The van der Waals surface area contributed by atoms with E-state index < -0.39 is 0 Å². The first-order valence-electron chi connectivity index (χ1n) is 10.0. The number of hydrogen-bond acceptors (Lipinski definition) is 5. The maximum absolute atomic E-state index is 12.7. The zero-order chi connectivity index (χ0) is 20.2. The van der Waals surface area contributed by atoms with Crippen molar-refractivity contribution in [2.24, 2.45) is 0 Å². The lowest BCUT2D eigenvalue weighted by molar-refractivity contribution is -0.132. The molecule has 0 aliphatic carbocycles. The minimum absolute atomic E-state index is 0.0659. The maximum Gasteiger partial charge on any atom is 0.251 e. The van der Waals surface area contributed by atoms with Crippen LogP contribution in [-0.4, -0.2) is 43.4 Å². The summed E-state index contributed by atoms with van der Waals surface area (Å²) >= 11 is 1.57. The van der Waals surface area contributed by atoms with Crippen LogP contribution >= 0.6 is 11.3 Å². The number of carbonyl (C=O) groups excluding carboxylic acids is 1. The van der Waals surface area contributed by atoms with Crippen molar-refractivity contribution >= 4 is 17.2 Å². The van der Waals surface area contributed by atoms with Crippen LogP contribution in [0.2, 0.25) is 0 Å². The topological polar surface area (TPSA) is 83.9 Å². The number of carbonyl (C=O) groups is 1. The van der Waals surface area contributed by atoms with Crippen molar-refractivity contribution < 1.29 is 4.79 Å². The Morgan fingerprint density at radius 2 is 2.31 bits per heavy atom. The molecule has 3 aromatic rings. The minimum atomic E-state index is -0.141. The van der Waals surface area contributed by atoms with Crippen molar-refractivity contribution in [2.75, 3.05) is 13.1 Å². The van der Waals surface area contributed by atoms with Gasteiger partial charge < -0.3 is 14.5 Å². The molecule has 1 aliphatic rings. The number of nitrogens with one attached hydrogen (secondary N) is 1. The van der Waals surface area contributed by atoms with Crippen LogP contribution in [0.1, 0.15) is 43.3 Å². The second-order valence-electron chi connectivity index (χ2n) is 7.44. The van der Waals surface area contributed by atoms with Gasteiger partial charge in [0.1, 0.15) is 11.6 Å². The summed E-state index contributed by atoms with van der Waals surface area (Å²) in [7, 11) is 0. The molecular weight excluding hydrogens is 386 g/mol. The third kappa shape index (κ3) is 4.64. The quantitative estimate of drug-likeness (QED) is 0.675. The monoisotopic (exact) mass is 411 g/mol. The van der Waals surface area contributed by atoms with E-state index in [1.165, 1.54) is 0 Å². The van der Waals surface area contributed by atoms with Crippen molar-refractivity contribution in [2.45, 2.75) is 45.1 Å². The van der Waals surface area contributed by atoms with Gasteiger partial charge >= 0.3 is 0 Å². The Labute approximate surface area is 173 Å². The summed E-state index contributed by atoms with van der Waals surface area (Å²) in [6, 6.07) is 5.46. The Kier molecular flexibility index (Phi) is 5.89. The van der Waals surface area contributed by atoms with E-state index in [1.807, 2.05) is 35.5 Å². The molecule has 0 radical (unpaired) electrons. The Balaban J connectivity index is 1.40. The molecule has 4 rings (SSSR count). The molecule has 0 saturated carbocycles. The lowest BCUT2D eigenvalue weighted by Crippen LogP contribution is -2.39. The first-order valence-corrected chi connectivity index (χ1v) is 10.9. The second kappa shape index (κ2) is 8.73. The number of likely N-dealkylation sites (tertiary alicyclic amines) is 1. The van der Waals surface area contributed by atoms with Crippen LogP contribution in [0.4, 0.5) is 0 Å². The molecule has 1 fully saturated rings. The van der Waals surface area contributed by atoms with E-state index >= 15 is 0 Å². The van der Waals surface area contributed by atoms with E-state index in [0.29, 0.717) is 24.5 Å². The van der Waals surface area contributed by atoms with Crippen molar-refractivity contribution in [3.8, 4) is 10.6 Å². The van der Waals surface area contributed by atoms with Crippen LogP contribution in [0.5, 0.6) is 0 Å². The number of H-pyrrole nitrogens is 1. The summed E-state index contributed by atoms with van der Waals surface area (Å²) in [5, 5.41) is 1.98. The van der Waals surface area contributed by atoms with E-state index in [-0.39, 0.29) is 17.4 Å². The van der Waals surface area contributed by atoms with Crippen LogP contribution in [0, 0.1) is 6.92 Å². The summed E-state index contributed by atoms with van der Waals surface area (Å²) in [5.74, 6) is 1.89. The Bertz CT molecular complexity index is 1020. The van der Waals surface area contributed by atoms with Crippen molar-refractivity contribution in [3.63, 3.8) is 0 Å². The van der Waals surface area contributed by atoms with E-state index in [0.717, 1.165) is 43.1 Å². The number of nitrogens with zero attached hydrogens (tertiary/aromatic N) is 4. The third-order valence-corrected chi connectivity index (χ3v) is 6.30. The number of thiophene rings is 1. The number of rotatable bonds is 6. The molecule has 3 aromatic heterocycles. The van der Waals surface area contributed by atoms with E-state index in [9.17, 15) is 9.59 Å². The van der Waals surface area contributed by atoms with Crippen LogP contribution < -0.4 is 5.56 Å². The van der Waals surface area contributed by atoms with E-state index in [4.69, 9.17) is 4.98 Å². The van der Waals surface area contributed by atoms with Gasteiger partial charge in [0.2, 0.25) is 5.91 Å². The van der Waals surface area contributed by atoms with Gasteiger partial charge in [-0.05, 0) is 37.6 Å². The predicted molar refractivity (Wildman–Crippen MR) is 113 cm³/mol. The van der Waals surface area contributed by atoms with Crippen LogP contribution in [0.15, 0.2) is 40.8 Å². The smallest absolute Gasteiger partial charge is 0.251 e. The molecule has 0 spiro atoms. The van der Waals surface area contributed by atoms with Gasteiger partial charge in [-0.2, -0.15) is 0 Å². The summed E-state index contributed by atoms with van der Waals surface area (Å²) in [6.07, 6.45) is 6.88. The Hall–Kier alpha value is -2.74. The molecule has 1 N–H and O–H groups in total. The molecule has 1 saturated heterocycles. The highest BCUT2D eigenvalue weighted by Crippen LogP contribution is 2.27. The van der Waals surface area contributed by atoms with Crippen molar-refractivity contribution in [1.82, 2.24) is 24.4 Å². The normalized spacial score (nSPS) is 16.9. The molecule has 7 nitrogen and oxygen atoms in total. The zero-order valence-electron chi connectivity index (χ0n) is 16.5. The van der Waals surface area contributed by atoms with Gasteiger partial charge in [-0.3, -0.25) is 9.59 Å². The molecule has 4 heterocycles. The highest BCUT2D eigenvalue weighted by atomic mass is 32.1. The molecule has 1 atom stereocenters. The molecule has 152 valence electrons. The number of aromatic nitrogens is 4.